The Morgan fingerprint density at radius 2 is 1.48 bits per heavy atom. The van der Waals surface area contributed by atoms with Gasteiger partial charge >= 0.3 is 0 Å². The number of hydrogen-bond acceptors (Lipinski definition) is 4. The molecule has 0 N–H and O–H groups in total. The summed E-state index contributed by atoms with van der Waals surface area (Å²) in [5, 5.41) is 0. The Bertz CT molecular complexity index is 1130. The maximum absolute atomic E-state index is 13.6. The first kappa shape index (κ1) is 21.1. The number of ether oxygens (including phenoxy) is 1. The number of amides is 1. The summed E-state index contributed by atoms with van der Waals surface area (Å²) < 4.78 is 33.8. The molecule has 0 unspecified atom stereocenters. The molecule has 1 aliphatic rings. The zero-order chi connectivity index (χ0) is 21.8. The van der Waals surface area contributed by atoms with Crippen LogP contribution in [0.25, 0.3) is 0 Å². The number of carbonyl (C=O) groups is 1. The first-order chi connectivity index (χ1) is 15.0. The fourth-order valence-corrected chi connectivity index (χ4v) is 5.50. The Morgan fingerprint density at radius 3 is 2.10 bits per heavy atom. The molecule has 1 atom stereocenters. The van der Waals surface area contributed by atoms with Crippen molar-refractivity contribution in [1.29, 1.82) is 0 Å². The molecule has 0 aliphatic carbocycles. The van der Waals surface area contributed by atoms with Gasteiger partial charge in [0.25, 0.3) is 5.91 Å². The van der Waals surface area contributed by atoms with E-state index in [0.29, 0.717) is 36.4 Å². The molecule has 0 aromatic heterocycles. The van der Waals surface area contributed by atoms with Gasteiger partial charge in [0.15, 0.2) is 0 Å². The Hall–Kier alpha value is -3.16. The highest BCUT2D eigenvalue weighted by atomic mass is 32.2. The second kappa shape index (κ2) is 8.91. The number of methoxy groups -OCH3 is 1. The summed E-state index contributed by atoms with van der Waals surface area (Å²) in [6, 6.07) is 24.5. The molecule has 1 aliphatic heterocycles. The van der Waals surface area contributed by atoms with Crippen LogP contribution in [-0.4, -0.2) is 43.7 Å². The van der Waals surface area contributed by atoms with Gasteiger partial charge in [0, 0.05) is 18.7 Å². The second-order valence-corrected chi connectivity index (χ2v) is 9.18. The van der Waals surface area contributed by atoms with Crippen molar-refractivity contribution in [2.45, 2.75) is 17.5 Å². The van der Waals surface area contributed by atoms with E-state index in [-0.39, 0.29) is 10.8 Å². The van der Waals surface area contributed by atoms with E-state index in [1.54, 1.807) is 78.7 Å². The van der Waals surface area contributed by atoms with Gasteiger partial charge in [-0.15, -0.1) is 0 Å². The number of carbonyl (C=O) groups excluding carboxylic acids is 1. The predicted octanol–water partition coefficient (Wildman–Crippen LogP) is 3.93. The Balaban J connectivity index is 1.80. The van der Waals surface area contributed by atoms with Gasteiger partial charge in [-0.2, -0.15) is 4.31 Å². The average molecular weight is 437 g/mol. The lowest BCUT2D eigenvalue weighted by molar-refractivity contribution is 0.0378. The molecule has 1 heterocycles. The van der Waals surface area contributed by atoms with Gasteiger partial charge in [-0.25, -0.2) is 8.42 Å². The van der Waals surface area contributed by atoms with Crippen molar-refractivity contribution in [1.82, 2.24) is 9.21 Å². The summed E-state index contributed by atoms with van der Waals surface area (Å²) >= 11 is 0. The van der Waals surface area contributed by atoms with Crippen LogP contribution in [0.1, 0.15) is 28.5 Å². The monoisotopic (exact) mass is 436 g/mol. The highest BCUT2D eigenvalue weighted by Gasteiger charge is 2.41. The zero-order valence-electron chi connectivity index (χ0n) is 17.2. The van der Waals surface area contributed by atoms with Gasteiger partial charge in [0.2, 0.25) is 10.0 Å². The third-order valence-electron chi connectivity index (χ3n) is 5.39. The van der Waals surface area contributed by atoms with E-state index >= 15 is 0 Å². The normalized spacial score (nSPS) is 17.3. The minimum Gasteiger partial charge on any atom is -0.497 e. The largest absolute Gasteiger partial charge is 0.497 e. The van der Waals surface area contributed by atoms with Gasteiger partial charge < -0.3 is 9.64 Å². The molecule has 1 fully saturated rings. The quantitative estimate of drug-likeness (QED) is 0.608. The number of sulfonamides is 1. The lowest BCUT2D eigenvalue weighted by Gasteiger charge is -2.43. The van der Waals surface area contributed by atoms with E-state index in [9.17, 15) is 13.2 Å². The number of benzene rings is 3. The molecular weight excluding hydrogens is 412 g/mol. The molecule has 3 aromatic rings. The van der Waals surface area contributed by atoms with Crippen molar-refractivity contribution in [2.75, 3.05) is 20.2 Å². The zero-order valence-corrected chi connectivity index (χ0v) is 18.0. The van der Waals surface area contributed by atoms with Gasteiger partial charge in [-0.1, -0.05) is 48.5 Å². The van der Waals surface area contributed by atoms with E-state index < -0.39 is 16.2 Å². The molecule has 7 heteroatoms. The van der Waals surface area contributed by atoms with Crippen LogP contribution in [0.4, 0.5) is 0 Å². The van der Waals surface area contributed by atoms with Crippen LogP contribution in [0.2, 0.25) is 0 Å². The van der Waals surface area contributed by atoms with Gasteiger partial charge in [0.1, 0.15) is 11.9 Å². The van der Waals surface area contributed by atoms with Crippen LogP contribution in [0.5, 0.6) is 5.75 Å². The summed E-state index contributed by atoms with van der Waals surface area (Å²) in [6.07, 6.45) is -0.199. The highest BCUT2D eigenvalue weighted by Crippen LogP contribution is 2.35. The minimum absolute atomic E-state index is 0.200. The number of hydrogen-bond donors (Lipinski definition) is 0. The molecule has 3 aromatic carbocycles. The summed E-state index contributed by atoms with van der Waals surface area (Å²) in [6.45, 7) is 0.789. The molecule has 6 nitrogen and oxygen atoms in total. The van der Waals surface area contributed by atoms with E-state index in [1.165, 1.54) is 4.31 Å². The third-order valence-corrected chi connectivity index (χ3v) is 7.26. The fraction of sp³-hybridized carbons (Fsp3) is 0.208. The average Bonchev–Trinajstić information content (AvgIpc) is 2.84. The van der Waals surface area contributed by atoms with Crippen LogP contribution in [0.15, 0.2) is 89.8 Å². The Morgan fingerprint density at radius 1 is 0.871 bits per heavy atom. The van der Waals surface area contributed by atoms with Gasteiger partial charge in [-0.05, 0) is 48.4 Å². The van der Waals surface area contributed by atoms with Crippen LogP contribution in [-0.2, 0) is 10.0 Å². The number of nitrogens with zero attached hydrogens (tertiary/aromatic N) is 2. The van der Waals surface area contributed by atoms with Crippen LogP contribution in [0, 0.1) is 0 Å². The smallest absolute Gasteiger partial charge is 0.255 e. The van der Waals surface area contributed by atoms with Crippen molar-refractivity contribution >= 4 is 15.9 Å². The number of rotatable bonds is 5. The maximum Gasteiger partial charge on any atom is 0.255 e. The van der Waals surface area contributed by atoms with E-state index in [4.69, 9.17) is 4.74 Å². The molecule has 1 amide bonds. The van der Waals surface area contributed by atoms with Gasteiger partial charge in [-0.3, -0.25) is 4.79 Å². The van der Waals surface area contributed by atoms with Crippen molar-refractivity contribution in [2.24, 2.45) is 0 Å². The molecule has 4 rings (SSSR count). The van der Waals surface area contributed by atoms with Gasteiger partial charge in [0.05, 0.1) is 12.0 Å². The molecule has 0 spiro atoms. The summed E-state index contributed by atoms with van der Waals surface area (Å²) in [7, 11) is -2.24. The van der Waals surface area contributed by atoms with Crippen LogP contribution >= 0.6 is 0 Å². The summed E-state index contributed by atoms with van der Waals surface area (Å²) in [5.74, 6) is 0.465. The Labute approximate surface area is 182 Å². The van der Waals surface area contributed by atoms with E-state index in [0.717, 1.165) is 0 Å². The van der Waals surface area contributed by atoms with Crippen molar-refractivity contribution in [3.8, 4) is 5.75 Å². The van der Waals surface area contributed by atoms with E-state index in [1.807, 2.05) is 18.2 Å². The lowest BCUT2D eigenvalue weighted by Crippen LogP contribution is -2.52. The highest BCUT2D eigenvalue weighted by molar-refractivity contribution is 7.89. The maximum atomic E-state index is 13.6. The third kappa shape index (κ3) is 4.19. The standard InChI is InChI=1S/C24H24N2O4S/c1-30-21-15-13-19(14-16-21)23-25(24(27)20-9-4-2-5-10-20)17-8-18-26(23)31(28,29)22-11-6-3-7-12-22/h2-7,9-16,23H,8,17-18H2,1H3/t23-/m1/s1. The predicted molar refractivity (Wildman–Crippen MR) is 118 cm³/mol. The molecule has 160 valence electrons. The lowest BCUT2D eigenvalue weighted by atomic mass is 10.1. The summed E-state index contributed by atoms with van der Waals surface area (Å²) in [5.41, 5.74) is 1.24. The fourth-order valence-electron chi connectivity index (χ4n) is 3.86. The topological polar surface area (TPSA) is 66.9 Å². The molecule has 1 saturated heterocycles. The van der Waals surface area contributed by atoms with Crippen molar-refractivity contribution in [3.63, 3.8) is 0 Å². The minimum atomic E-state index is -3.82. The van der Waals surface area contributed by atoms with Crippen molar-refractivity contribution < 1.29 is 17.9 Å². The molecular formula is C24H24N2O4S. The molecule has 0 saturated carbocycles. The molecule has 0 radical (unpaired) electrons. The molecule has 31 heavy (non-hydrogen) atoms. The van der Waals surface area contributed by atoms with Crippen LogP contribution in [0.3, 0.4) is 0 Å². The van der Waals surface area contributed by atoms with Crippen molar-refractivity contribution in [3.05, 3.63) is 96.1 Å². The Kier molecular flexibility index (Phi) is 6.06. The second-order valence-electron chi connectivity index (χ2n) is 7.29. The summed E-state index contributed by atoms with van der Waals surface area (Å²) in [4.78, 5) is 15.2. The first-order valence-corrected chi connectivity index (χ1v) is 11.5. The molecule has 0 bridgehead atoms. The first-order valence-electron chi connectivity index (χ1n) is 10.1. The van der Waals surface area contributed by atoms with Crippen LogP contribution < -0.4 is 4.74 Å². The SMILES string of the molecule is COc1ccc([C@@H]2N(C(=O)c3ccccc3)CCCN2S(=O)(=O)c2ccccc2)cc1. The van der Waals surface area contributed by atoms with E-state index in [2.05, 4.69) is 0 Å².